The molecule has 3 nitrogen and oxygen atoms in total. The highest BCUT2D eigenvalue weighted by atomic mass is 79.9. The number of likely N-dealkylation sites (tertiary alicyclic amines) is 1. The molecule has 2 heterocycles. The number of hydrogen-bond acceptors (Lipinski definition) is 2. The van der Waals surface area contributed by atoms with Gasteiger partial charge in [-0.2, -0.15) is 0 Å². The van der Waals surface area contributed by atoms with Crippen LogP contribution in [-0.4, -0.2) is 28.7 Å². The van der Waals surface area contributed by atoms with E-state index in [1.165, 1.54) is 0 Å². The number of hydrogen-bond donors (Lipinski definition) is 0. The molecule has 0 spiro atoms. The van der Waals surface area contributed by atoms with Crippen LogP contribution in [0.4, 0.5) is 0 Å². The number of nitrogens with zero attached hydrogens (tertiary/aromatic N) is 1. The van der Waals surface area contributed by atoms with Gasteiger partial charge in [0.25, 0.3) is 5.91 Å². The molecule has 1 aliphatic rings. The zero-order chi connectivity index (χ0) is 11.7. The number of carbonyl (C=O) groups excluding carboxylic acids is 1. The van der Waals surface area contributed by atoms with Gasteiger partial charge in [0.2, 0.25) is 0 Å². The Hall–Kier alpha value is -0.770. The highest BCUT2D eigenvalue weighted by Gasteiger charge is 2.28. The maximum Gasteiger partial charge on any atom is 0.289 e. The second kappa shape index (κ2) is 4.62. The Balaban J connectivity index is 2.06. The van der Waals surface area contributed by atoms with Crippen molar-refractivity contribution >= 4 is 21.8 Å². The van der Waals surface area contributed by atoms with Gasteiger partial charge in [-0.25, -0.2) is 0 Å². The molecule has 0 bridgehead atoms. The zero-order valence-electron chi connectivity index (χ0n) is 9.57. The van der Waals surface area contributed by atoms with Crippen molar-refractivity contribution in [2.75, 3.05) is 13.1 Å². The number of carbonyl (C=O) groups is 1. The first kappa shape index (κ1) is 11.7. The van der Waals surface area contributed by atoms with Crippen LogP contribution in [0, 0.1) is 12.8 Å². The molecule has 16 heavy (non-hydrogen) atoms. The van der Waals surface area contributed by atoms with Crippen LogP contribution in [0.25, 0.3) is 0 Å². The van der Waals surface area contributed by atoms with Gasteiger partial charge >= 0.3 is 0 Å². The fourth-order valence-corrected chi connectivity index (χ4v) is 2.53. The molecule has 88 valence electrons. The van der Waals surface area contributed by atoms with Gasteiger partial charge in [0.1, 0.15) is 5.76 Å². The summed E-state index contributed by atoms with van der Waals surface area (Å²) >= 11 is 3.62. The molecule has 1 aromatic heterocycles. The van der Waals surface area contributed by atoms with E-state index in [9.17, 15) is 4.79 Å². The summed E-state index contributed by atoms with van der Waals surface area (Å²) in [7, 11) is 0. The van der Waals surface area contributed by atoms with Gasteiger partial charge in [-0.05, 0) is 31.4 Å². The lowest BCUT2D eigenvalue weighted by Crippen LogP contribution is -2.43. The molecule has 0 aromatic carbocycles. The maximum absolute atomic E-state index is 12.1. The third-order valence-electron chi connectivity index (χ3n) is 3.10. The van der Waals surface area contributed by atoms with E-state index in [1.54, 1.807) is 6.07 Å². The Kier molecular flexibility index (Phi) is 3.38. The van der Waals surface area contributed by atoms with Crippen molar-refractivity contribution in [2.45, 2.75) is 25.1 Å². The summed E-state index contributed by atoms with van der Waals surface area (Å²) in [6, 6.07) is 3.57. The van der Waals surface area contributed by atoms with Gasteiger partial charge in [0.05, 0.1) is 0 Å². The lowest BCUT2D eigenvalue weighted by Gasteiger charge is -2.33. The number of rotatable bonds is 1. The van der Waals surface area contributed by atoms with Crippen LogP contribution in [0.3, 0.4) is 0 Å². The molecule has 0 N–H and O–H groups in total. The minimum Gasteiger partial charge on any atom is -0.456 e. The number of furan rings is 1. The fourth-order valence-electron chi connectivity index (χ4n) is 1.91. The van der Waals surface area contributed by atoms with Gasteiger partial charge < -0.3 is 9.32 Å². The number of piperidine rings is 1. The van der Waals surface area contributed by atoms with Crippen LogP contribution in [-0.2, 0) is 0 Å². The SMILES string of the molecule is Cc1ccc(C(=O)N2CCC(C)C(Br)C2)o1. The van der Waals surface area contributed by atoms with E-state index in [0.29, 0.717) is 16.5 Å². The first-order chi connectivity index (χ1) is 7.58. The summed E-state index contributed by atoms with van der Waals surface area (Å²) in [5, 5.41) is 0. The van der Waals surface area contributed by atoms with E-state index in [0.717, 1.165) is 25.3 Å². The smallest absolute Gasteiger partial charge is 0.289 e. The Bertz CT molecular complexity index is 388. The maximum atomic E-state index is 12.1. The third-order valence-corrected chi connectivity index (χ3v) is 4.30. The van der Waals surface area contributed by atoms with Gasteiger partial charge in [-0.15, -0.1) is 0 Å². The first-order valence-corrected chi connectivity index (χ1v) is 6.49. The van der Waals surface area contributed by atoms with Crippen LogP contribution < -0.4 is 0 Å². The van der Waals surface area contributed by atoms with Crippen LogP contribution in [0.1, 0.15) is 29.7 Å². The molecule has 2 rings (SSSR count). The van der Waals surface area contributed by atoms with Gasteiger partial charge in [0.15, 0.2) is 5.76 Å². The Morgan fingerprint density at radius 3 is 2.88 bits per heavy atom. The highest BCUT2D eigenvalue weighted by molar-refractivity contribution is 9.09. The second-order valence-electron chi connectivity index (χ2n) is 4.44. The van der Waals surface area contributed by atoms with Gasteiger partial charge in [-0.3, -0.25) is 4.79 Å². The molecule has 1 fully saturated rings. The number of alkyl halides is 1. The number of halogens is 1. The highest BCUT2D eigenvalue weighted by Crippen LogP contribution is 2.24. The molecular weight excluding hydrogens is 270 g/mol. The van der Waals surface area contributed by atoms with Crippen LogP contribution in [0.2, 0.25) is 0 Å². The molecule has 1 aliphatic heterocycles. The van der Waals surface area contributed by atoms with Crippen molar-refractivity contribution in [2.24, 2.45) is 5.92 Å². The summed E-state index contributed by atoms with van der Waals surface area (Å²) in [4.78, 5) is 14.3. The van der Waals surface area contributed by atoms with Crippen LogP contribution in [0.15, 0.2) is 16.5 Å². The first-order valence-electron chi connectivity index (χ1n) is 5.57. The minimum absolute atomic E-state index is 0.00412. The topological polar surface area (TPSA) is 33.5 Å². The van der Waals surface area contributed by atoms with Crippen LogP contribution in [0.5, 0.6) is 0 Å². The van der Waals surface area contributed by atoms with Crippen molar-refractivity contribution < 1.29 is 9.21 Å². The van der Waals surface area contributed by atoms with Gasteiger partial charge in [-0.1, -0.05) is 22.9 Å². The third kappa shape index (κ3) is 2.32. The van der Waals surface area contributed by atoms with E-state index in [1.807, 2.05) is 17.9 Å². The summed E-state index contributed by atoms with van der Waals surface area (Å²) in [5.74, 6) is 1.86. The monoisotopic (exact) mass is 285 g/mol. The summed E-state index contributed by atoms with van der Waals surface area (Å²) in [5.41, 5.74) is 0. The predicted octanol–water partition coefficient (Wildman–Crippen LogP) is 2.83. The Morgan fingerprint density at radius 1 is 1.56 bits per heavy atom. The summed E-state index contributed by atoms with van der Waals surface area (Å²) in [6.45, 7) is 5.64. The molecule has 1 aromatic rings. The molecule has 2 atom stereocenters. The van der Waals surface area contributed by atoms with Crippen molar-refractivity contribution in [3.05, 3.63) is 23.7 Å². The van der Waals surface area contributed by atoms with Gasteiger partial charge in [0, 0.05) is 17.9 Å². The molecule has 4 heteroatoms. The number of aryl methyl sites for hydroxylation is 1. The Labute approximate surface area is 104 Å². The van der Waals surface area contributed by atoms with Crippen molar-refractivity contribution in [1.29, 1.82) is 0 Å². The molecule has 1 amide bonds. The Morgan fingerprint density at radius 2 is 2.31 bits per heavy atom. The molecule has 0 radical (unpaired) electrons. The van der Waals surface area contributed by atoms with E-state index in [2.05, 4.69) is 22.9 Å². The fraction of sp³-hybridized carbons (Fsp3) is 0.583. The molecule has 2 unspecified atom stereocenters. The van der Waals surface area contributed by atoms with E-state index in [-0.39, 0.29) is 5.91 Å². The van der Waals surface area contributed by atoms with Crippen molar-refractivity contribution in [3.8, 4) is 0 Å². The van der Waals surface area contributed by atoms with E-state index >= 15 is 0 Å². The average Bonchev–Trinajstić information content (AvgIpc) is 2.68. The minimum atomic E-state index is 0.00412. The largest absolute Gasteiger partial charge is 0.456 e. The molecule has 0 saturated carbocycles. The average molecular weight is 286 g/mol. The quantitative estimate of drug-likeness (QED) is 0.744. The normalized spacial score (nSPS) is 25.8. The molecule has 1 saturated heterocycles. The van der Waals surface area contributed by atoms with Crippen LogP contribution >= 0.6 is 15.9 Å². The van der Waals surface area contributed by atoms with Crippen molar-refractivity contribution in [3.63, 3.8) is 0 Å². The molecular formula is C12H16BrNO2. The molecule has 0 aliphatic carbocycles. The second-order valence-corrected chi connectivity index (χ2v) is 5.62. The zero-order valence-corrected chi connectivity index (χ0v) is 11.2. The van der Waals surface area contributed by atoms with Crippen molar-refractivity contribution in [1.82, 2.24) is 4.90 Å². The standard InChI is InChI=1S/C12H16BrNO2/c1-8-5-6-14(7-10(8)13)12(15)11-4-3-9(2)16-11/h3-4,8,10H,5-7H2,1-2H3. The van der Waals surface area contributed by atoms with E-state index < -0.39 is 0 Å². The lowest BCUT2D eigenvalue weighted by molar-refractivity contribution is 0.0672. The number of amides is 1. The predicted molar refractivity (Wildman–Crippen MR) is 65.8 cm³/mol. The summed E-state index contributed by atoms with van der Waals surface area (Å²) in [6.07, 6.45) is 1.04. The van der Waals surface area contributed by atoms with E-state index in [4.69, 9.17) is 4.42 Å². The summed E-state index contributed by atoms with van der Waals surface area (Å²) < 4.78 is 5.35. The lowest BCUT2D eigenvalue weighted by atomic mass is 9.99.